The third-order valence-corrected chi connectivity index (χ3v) is 4.75. The summed E-state index contributed by atoms with van der Waals surface area (Å²) in [5, 5.41) is 0. The zero-order valence-corrected chi connectivity index (χ0v) is 11.8. The van der Waals surface area contributed by atoms with Gasteiger partial charge < -0.3 is 4.90 Å². The zero-order valence-electron chi connectivity index (χ0n) is 10.9. The minimum absolute atomic E-state index is 0. The first-order chi connectivity index (χ1) is 7.62. The molecule has 0 aromatic heterocycles. The van der Waals surface area contributed by atoms with Gasteiger partial charge in [0, 0.05) is 6.04 Å². The molecule has 2 heteroatoms. The van der Waals surface area contributed by atoms with Crippen molar-refractivity contribution in [2.75, 3.05) is 14.1 Å². The highest BCUT2D eigenvalue weighted by atomic mass is 35.5. The summed E-state index contributed by atoms with van der Waals surface area (Å²) in [7, 11) is 4.44. The van der Waals surface area contributed by atoms with Gasteiger partial charge in [0.1, 0.15) is 0 Å². The molecule has 1 aromatic carbocycles. The summed E-state index contributed by atoms with van der Waals surface area (Å²) in [5.41, 5.74) is 3.52. The van der Waals surface area contributed by atoms with Crippen LogP contribution in [-0.2, 0) is 5.41 Å². The number of hydrogen-bond donors (Lipinski definition) is 0. The highest BCUT2D eigenvalue weighted by molar-refractivity contribution is 5.85. The fourth-order valence-electron chi connectivity index (χ4n) is 3.52. The van der Waals surface area contributed by atoms with Crippen molar-refractivity contribution in [2.45, 2.75) is 37.6 Å². The van der Waals surface area contributed by atoms with Gasteiger partial charge >= 0.3 is 0 Å². The molecule has 0 heterocycles. The number of fused-ring (bicyclic) bond motifs is 1. The average molecular weight is 252 g/mol. The Balaban J connectivity index is 0.00000108. The van der Waals surface area contributed by atoms with Crippen LogP contribution in [0.1, 0.15) is 30.4 Å². The monoisotopic (exact) mass is 251 g/mol. The van der Waals surface area contributed by atoms with E-state index in [1.807, 2.05) is 0 Å². The van der Waals surface area contributed by atoms with Gasteiger partial charge in [-0.15, -0.1) is 12.4 Å². The van der Waals surface area contributed by atoms with Gasteiger partial charge in [0.2, 0.25) is 0 Å². The SMILES string of the molecule is Cc1ccc(C23CC(N(C)C)CC2C3)cc1.Cl. The van der Waals surface area contributed by atoms with E-state index in [0.717, 1.165) is 12.0 Å². The van der Waals surface area contributed by atoms with Crippen LogP contribution in [0.25, 0.3) is 0 Å². The van der Waals surface area contributed by atoms with Crippen molar-refractivity contribution in [2.24, 2.45) is 5.92 Å². The molecule has 2 saturated carbocycles. The van der Waals surface area contributed by atoms with Gasteiger partial charge in [-0.25, -0.2) is 0 Å². The molecule has 0 saturated heterocycles. The summed E-state index contributed by atoms with van der Waals surface area (Å²) >= 11 is 0. The van der Waals surface area contributed by atoms with Crippen LogP contribution < -0.4 is 0 Å². The standard InChI is InChI=1S/C15H21N.ClH/c1-11-4-6-12(7-5-11)15-9-13(15)8-14(10-15)16(2)3;/h4-7,13-14H,8-10H2,1-3H3;1H. The van der Waals surface area contributed by atoms with Crippen LogP contribution in [0.5, 0.6) is 0 Å². The van der Waals surface area contributed by atoms with E-state index >= 15 is 0 Å². The predicted octanol–water partition coefficient (Wildman–Crippen LogP) is 3.40. The molecule has 0 N–H and O–H groups in total. The largest absolute Gasteiger partial charge is 0.306 e. The molecule has 3 unspecified atom stereocenters. The molecule has 2 fully saturated rings. The van der Waals surface area contributed by atoms with Gasteiger partial charge in [0.15, 0.2) is 0 Å². The molecule has 2 aliphatic rings. The number of nitrogens with zero attached hydrogens (tertiary/aromatic N) is 1. The molecule has 2 aliphatic carbocycles. The number of halogens is 1. The molecule has 17 heavy (non-hydrogen) atoms. The van der Waals surface area contributed by atoms with Gasteiger partial charge in [0.25, 0.3) is 0 Å². The molecule has 0 radical (unpaired) electrons. The van der Waals surface area contributed by atoms with E-state index in [-0.39, 0.29) is 12.4 Å². The van der Waals surface area contributed by atoms with Crippen LogP contribution in [0.3, 0.4) is 0 Å². The van der Waals surface area contributed by atoms with Crippen molar-refractivity contribution in [1.82, 2.24) is 4.90 Å². The summed E-state index contributed by atoms with van der Waals surface area (Å²) in [5.74, 6) is 0.961. The minimum atomic E-state index is 0. The first-order valence-corrected chi connectivity index (χ1v) is 6.35. The lowest BCUT2D eigenvalue weighted by Crippen LogP contribution is -2.27. The smallest absolute Gasteiger partial charge is 0.0101 e. The lowest BCUT2D eigenvalue weighted by molar-refractivity contribution is 0.275. The summed E-state index contributed by atoms with van der Waals surface area (Å²) in [4.78, 5) is 2.40. The fraction of sp³-hybridized carbons (Fsp3) is 0.600. The molecule has 0 aliphatic heterocycles. The predicted molar refractivity (Wildman–Crippen MR) is 74.9 cm³/mol. The second kappa shape index (κ2) is 4.29. The van der Waals surface area contributed by atoms with E-state index in [0.29, 0.717) is 5.41 Å². The Kier molecular flexibility index (Phi) is 3.26. The zero-order chi connectivity index (χ0) is 11.3. The van der Waals surface area contributed by atoms with Crippen LogP contribution in [0.4, 0.5) is 0 Å². The normalized spacial score (nSPS) is 34.4. The molecule has 0 amide bonds. The van der Waals surface area contributed by atoms with Gasteiger partial charge in [-0.2, -0.15) is 0 Å². The van der Waals surface area contributed by atoms with E-state index in [4.69, 9.17) is 0 Å². The van der Waals surface area contributed by atoms with Crippen LogP contribution in [-0.4, -0.2) is 25.0 Å². The van der Waals surface area contributed by atoms with E-state index < -0.39 is 0 Å². The van der Waals surface area contributed by atoms with E-state index in [9.17, 15) is 0 Å². The fourth-order valence-corrected chi connectivity index (χ4v) is 3.52. The second-order valence-corrected chi connectivity index (χ2v) is 5.98. The van der Waals surface area contributed by atoms with Crippen LogP contribution in [0.2, 0.25) is 0 Å². The van der Waals surface area contributed by atoms with Crippen molar-refractivity contribution >= 4 is 12.4 Å². The van der Waals surface area contributed by atoms with E-state index in [2.05, 4.69) is 50.2 Å². The van der Waals surface area contributed by atoms with Gasteiger partial charge in [-0.05, 0) is 57.2 Å². The summed E-state index contributed by atoms with van der Waals surface area (Å²) in [6.07, 6.45) is 4.20. The van der Waals surface area contributed by atoms with Gasteiger partial charge in [-0.3, -0.25) is 0 Å². The van der Waals surface area contributed by atoms with Gasteiger partial charge in [0.05, 0.1) is 0 Å². The topological polar surface area (TPSA) is 3.24 Å². The lowest BCUT2D eigenvalue weighted by atomic mass is 9.91. The Labute approximate surface area is 111 Å². The number of benzene rings is 1. The summed E-state index contributed by atoms with van der Waals surface area (Å²) in [6.45, 7) is 2.17. The minimum Gasteiger partial charge on any atom is -0.306 e. The van der Waals surface area contributed by atoms with E-state index in [1.165, 1.54) is 24.8 Å². The first kappa shape index (κ1) is 12.9. The summed E-state index contributed by atoms with van der Waals surface area (Å²) in [6, 6.07) is 10.0. The Bertz CT molecular complexity index is 398. The Hall–Kier alpha value is -0.530. The maximum atomic E-state index is 2.40. The van der Waals surface area contributed by atoms with E-state index in [1.54, 1.807) is 5.56 Å². The molecule has 1 aromatic rings. The maximum Gasteiger partial charge on any atom is 0.0101 e. The highest BCUT2D eigenvalue weighted by Crippen LogP contribution is 2.64. The number of hydrogen-bond acceptors (Lipinski definition) is 1. The van der Waals surface area contributed by atoms with Crippen molar-refractivity contribution in [1.29, 1.82) is 0 Å². The third kappa shape index (κ3) is 2.00. The number of rotatable bonds is 2. The molecule has 3 rings (SSSR count). The van der Waals surface area contributed by atoms with Crippen molar-refractivity contribution in [3.05, 3.63) is 35.4 Å². The molecule has 94 valence electrons. The maximum absolute atomic E-state index is 2.40. The van der Waals surface area contributed by atoms with Crippen molar-refractivity contribution in [3.63, 3.8) is 0 Å². The first-order valence-electron chi connectivity index (χ1n) is 6.35. The average Bonchev–Trinajstić information content (AvgIpc) is 2.82. The van der Waals surface area contributed by atoms with Crippen molar-refractivity contribution < 1.29 is 0 Å². The van der Waals surface area contributed by atoms with Crippen LogP contribution in [0, 0.1) is 12.8 Å². The van der Waals surface area contributed by atoms with Crippen LogP contribution >= 0.6 is 12.4 Å². The third-order valence-electron chi connectivity index (χ3n) is 4.75. The number of aryl methyl sites for hydroxylation is 1. The molecule has 0 bridgehead atoms. The Morgan fingerprint density at radius 1 is 1.12 bits per heavy atom. The molecule has 0 spiro atoms. The Morgan fingerprint density at radius 3 is 2.29 bits per heavy atom. The summed E-state index contributed by atoms with van der Waals surface area (Å²) < 4.78 is 0. The molecule has 1 nitrogen and oxygen atoms in total. The quantitative estimate of drug-likeness (QED) is 0.779. The molecular formula is C15H22ClN. The molecular weight excluding hydrogens is 230 g/mol. The van der Waals surface area contributed by atoms with Crippen LogP contribution in [0.15, 0.2) is 24.3 Å². The Morgan fingerprint density at radius 2 is 1.76 bits per heavy atom. The van der Waals surface area contributed by atoms with Crippen molar-refractivity contribution in [3.8, 4) is 0 Å². The molecule has 3 atom stereocenters. The lowest BCUT2D eigenvalue weighted by Gasteiger charge is -2.23. The second-order valence-electron chi connectivity index (χ2n) is 5.98. The highest BCUT2D eigenvalue weighted by Gasteiger charge is 2.60. The van der Waals surface area contributed by atoms with Gasteiger partial charge in [-0.1, -0.05) is 29.8 Å².